The van der Waals surface area contributed by atoms with Gasteiger partial charge in [-0.05, 0) is 31.0 Å². The number of nitrogens with zero attached hydrogens (tertiary/aromatic N) is 4. The second-order valence-electron chi connectivity index (χ2n) is 8.33. The molecule has 182 valence electrons. The molecule has 10 heteroatoms. The highest BCUT2D eigenvalue weighted by atomic mass is 35.5. The third kappa shape index (κ3) is 5.05. The number of piperazine rings is 1. The van der Waals surface area contributed by atoms with Gasteiger partial charge in [-0.3, -0.25) is 14.9 Å². The van der Waals surface area contributed by atoms with Gasteiger partial charge in [0.25, 0.3) is 11.6 Å². The lowest BCUT2D eigenvalue weighted by atomic mass is 10.0. The Morgan fingerprint density at radius 2 is 1.83 bits per heavy atom. The van der Waals surface area contributed by atoms with Gasteiger partial charge >= 0.3 is 6.09 Å². The van der Waals surface area contributed by atoms with Gasteiger partial charge in [0, 0.05) is 54.8 Å². The predicted molar refractivity (Wildman–Crippen MR) is 133 cm³/mol. The number of carbonyl (C=O) groups excluding carboxylic acids is 2. The van der Waals surface area contributed by atoms with Crippen molar-refractivity contribution in [2.45, 2.75) is 20.3 Å². The zero-order valence-corrected chi connectivity index (χ0v) is 20.2. The second kappa shape index (κ2) is 10.3. The van der Waals surface area contributed by atoms with Crippen LogP contribution >= 0.6 is 11.6 Å². The lowest BCUT2D eigenvalue weighted by Gasteiger charge is -2.34. The third-order valence-corrected chi connectivity index (χ3v) is 6.47. The van der Waals surface area contributed by atoms with Crippen molar-refractivity contribution in [1.82, 2.24) is 14.8 Å². The Morgan fingerprint density at radius 1 is 1.11 bits per heavy atom. The average molecular weight is 497 g/mol. The van der Waals surface area contributed by atoms with E-state index in [-0.39, 0.29) is 17.7 Å². The Hall–Kier alpha value is -3.72. The Labute approximate surface area is 207 Å². The fourth-order valence-corrected chi connectivity index (χ4v) is 4.31. The first-order valence-corrected chi connectivity index (χ1v) is 11.7. The van der Waals surface area contributed by atoms with Crippen LogP contribution in [-0.4, -0.2) is 64.5 Å². The van der Waals surface area contributed by atoms with Crippen molar-refractivity contribution in [3.63, 3.8) is 0 Å². The summed E-state index contributed by atoms with van der Waals surface area (Å²) in [6.45, 7) is 5.74. The summed E-state index contributed by atoms with van der Waals surface area (Å²) in [4.78, 5) is 44.0. The van der Waals surface area contributed by atoms with E-state index >= 15 is 0 Å². The highest BCUT2D eigenvalue weighted by Crippen LogP contribution is 2.34. The summed E-state index contributed by atoms with van der Waals surface area (Å²) in [5, 5.41) is 12.4. The van der Waals surface area contributed by atoms with Crippen LogP contribution in [0.4, 0.5) is 10.5 Å². The zero-order chi connectivity index (χ0) is 25.1. The zero-order valence-electron chi connectivity index (χ0n) is 19.5. The molecule has 0 radical (unpaired) electrons. The number of carbonyl (C=O) groups is 2. The van der Waals surface area contributed by atoms with Crippen LogP contribution in [-0.2, 0) is 4.74 Å². The van der Waals surface area contributed by atoms with E-state index < -0.39 is 4.92 Å². The van der Waals surface area contributed by atoms with Crippen molar-refractivity contribution in [1.29, 1.82) is 0 Å². The molecule has 0 aliphatic carbocycles. The molecule has 4 rings (SSSR count). The molecule has 2 aromatic carbocycles. The van der Waals surface area contributed by atoms with Gasteiger partial charge in [0.15, 0.2) is 0 Å². The SMILES string of the molecule is CCCOC(=O)N1CCN(C(=O)c2ccc3c(Cl)c(C)c(-c4cccc([N+](=O)[O-])c4)nc3c2)CC1. The number of amides is 2. The quantitative estimate of drug-likeness (QED) is 0.360. The van der Waals surface area contributed by atoms with Crippen LogP contribution in [0.2, 0.25) is 5.02 Å². The third-order valence-electron chi connectivity index (χ3n) is 5.98. The summed E-state index contributed by atoms with van der Waals surface area (Å²) in [6.07, 6.45) is 0.402. The van der Waals surface area contributed by atoms with Gasteiger partial charge in [0.05, 0.1) is 27.8 Å². The average Bonchev–Trinajstić information content (AvgIpc) is 2.88. The Kier molecular flexibility index (Phi) is 7.16. The number of halogens is 1. The van der Waals surface area contributed by atoms with E-state index in [4.69, 9.17) is 21.3 Å². The van der Waals surface area contributed by atoms with Crippen LogP contribution in [0.15, 0.2) is 42.5 Å². The summed E-state index contributed by atoms with van der Waals surface area (Å²) in [6, 6.07) is 11.4. The smallest absolute Gasteiger partial charge is 0.409 e. The molecule has 1 fully saturated rings. The largest absolute Gasteiger partial charge is 0.449 e. The first-order valence-electron chi connectivity index (χ1n) is 11.4. The van der Waals surface area contributed by atoms with Gasteiger partial charge in [-0.15, -0.1) is 0 Å². The molecule has 0 saturated carbocycles. The van der Waals surface area contributed by atoms with Crippen LogP contribution in [0.25, 0.3) is 22.2 Å². The van der Waals surface area contributed by atoms with Crippen molar-refractivity contribution in [3.8, 4) is 11.3 Å². The van der Waals surface area contributed by atoms with E-state index in [9.17, 15) is 19.7 Å². The predicted octanol–water partition coefficient (Wildman–Crippen LogP) is 5.08. The molecule has 0 unspecified atom stereocenters. The number of non-ortho nitro benzene ring substituents is 1. The Bertz CT molecular complexity index is 1300. The van der Waals surface area contributed by atoms with Crippen molar-refractivity contribution in [3.05, 3.63) is 68.7 Å². The number of fused-ring (bicyclic) bond motifs is 1. The molecule has 0 N–H and O–H groups in total. The number of ether oxygens (including phenoxy) is 1. The summed E-state index contributed by atoms with van der Waals surface area (Å²) in [5.74, 6) is -0.163. The van der Waals surface area contributed by atoms with Gasteiger partial charge in [0.1, 0.15) is 0 Å². The molecule has 2 heterocycles. The minimum absolute atomic E-state index is 0.0402. The lowest BCUT2D eigenvalue weighted by Crippen LogP contribution is -2.50. The fourth-order valence-electron chi connectivity index (χ4n) is 4.06. The maximum Gasteiger partial charge on any atom is 0.409 e. The normalized spacial score (nSPS) is 13.7. The number of aromatic nitrogens is 1. The molecule has 0 atom stereocenters. The molecule has 0 bridgehead atoms. The number of rotatable bonds is 5. The number of nitro groups is 1. The molecule has 1 saturated heterocycles. The van der Waals surface area contributed by atoms with E-state index in [2.05, 4.69) is 0 Å². The Balaban J connectivity index is 1.59. The van der Waals surface area contributed by atoms with Crippen LogP contribution < -0.4 is 0 Å². The number of hydrogen-bond donors (Lipinski definition) is 0. The van der Waals surface area contributed by atoms with E-state index in [1.807, 2.05) is 13.8 Å². The van der Waals surface area contributed by atoms with E-state index in [0.29, 0.717) is 71.1 Å². The monoisotopic (exact) mass is 496 g/mol. The number of pyridine rings is 1. The summed E-state index contributed by atoms with van der Waals surface area (Å²) in [7, 11) is 0. The summed E-state index contributed by atoms with van der Waals surface area (Å²) < 4.78 is 5.17. The molecular formula is C25H25ClN4O5. The lowest BCUT2D eigenvalue weighted by molar-refractivity contribution is -0.384. The molecule has 1 aliphatic rings. The van der Waals surface area contributed by atoms with Crippen molar-refractivity contribution in [2.24, 2.45) is 0 Å². The molecule has 1 aliphatic heterocycles. The van der Waals surface area contributed by atoms with Gasteiger partial charge in [-0.2, -0.15) is 0 Å². The number of hydrogen-bond acceptors (Lipinski definition) is 6. The fraction of sp³-hybridized carbons (Fsp3) is 0.320. The number of benzene rings is 2. The highest BCUT2D eigenvalue weighted by molar-refractivity contribution is 6.36. The van der Waals surface area contributed by atoms with Crippen LogP contribution in [0.5, 0.6) is 0 Å². The molecule has 2 amide bonds. The molecule has 35 heavy (non-hydrogen) atoms. The first-order chi connectivity index (χ1) is 16.8. The topological polar surface area (TPSA) is 106 Å². The molecule has 1 aromatic heterocycles. The van der Waals surface area contributed by atoms with Crippen LogP contribution in [0, 0.1) is 17.0 Å². The maximum absolute atomic E-state index is 13.2. The van der Waals surface area contributed by atoms with Crippen molar-refractivity contribution < 1.29 is 19.2 Å². The molecule has 0 spiro atoms. The summed E-state index contributed by atoms with van der Waals surface area (Å²) in [5.41, 5.74) is 2.73. The first kappa shape index (κ1) is 24.4. The molecular weight excluding hydrogens is 472 g/mol. The number of nitro benzene ring substituents is 1. The van der Waals surface area contributed by atoms with E-state index in [1.165, 1.54) is 12.1 Å². The van der Waals surface area contributed by atoms with Gasteiger partial charge in [0.2, 0.25) is 0 Å². The van der Waals surface area contributed by atoms with Gasteiger partial charge in [-0.25, -0.2) is 9.78 Å². The van der Waals surface area contributed by atoms with Gasteiger partial charge < -0.3 is 14.5 Å². The van der Waals surface area contributed by atoms with Gasteiger partial charge in [-0.1, -0.05) is 36.7 Å². The molecule has 9 nitrogen and oxygen atoms in total. The second-order valence-corrected chi connectivity index (χ2v) is 8.71. The van der Waals surface area contributed by atoms with E-state index in [0.717, 1.165) is 6.42 Å². The maximum atomic E-state index is 13.2. The van der Waals surface area contributed by atoms with Crippen LogP contribution in [0.1, 0.15) is 29.3 Å². The van der Waals surface area contributed by atoms with Crippen molar-refractivity contribution in [2.75, 3.05) is 32.8 Å². The van der Waals surface area contributed by atoms with Crippen molar-refractivity contribution >= 4 is 40.2 Å². The van der Waals surface area contributed by atoms with E-state index in [1.54, 1.807) is 40.1 Å². The minimum Gasteiger partial charge on any atom is -0.449 e. The molecule has 3 aromatic rings. The van der Waals surface area contributed by atoms with Crippen LogP contribution in [0.3, 0.4) is 0 Å². The standard InChI is InChI=1S/C25H25ClN4O5/c1-3-13-35-25(32)29-11-9-28(10-12-29)24(31)18-7-8-20-21(15-18)27-23(16(2)22(20)26)17-5-4-6-19(14-17)30(33)34/h4-8,14-15H,3,9-13H2,1-2H3. The Morgan fingerprint density at radius 3 is 2.51 bits per heavy atom. The summed E-state index contributed by atoms with van der Waals surface area (Å²) >= 11 is 6.63. The highest BCUT2D eigenvalue weighted by Gasteiger charge is 2.26. The minimum atomic E-state index is -0.457.